The molecule has 0 unspecified atom stereocenters. The van der Waals surface area contributed by atoms with Crippen molar-refractivity contribution in [2.24, 2.45) is 0 Å². The van der Waals surface area contributed by atoms with Crippen molar-refractivity contribution in [2.45, 2.75) is 24.2 Å². The molecule has 2 amide bonds. The van der Waals surface area contributed by atoms with E-state index in [2.05, 4.69) is 10.6 Å². The summed E-state index contributed by atoms with van der Waals surface area (Å²) in [5, 5.41) is 5.25. The molecule has 0 spiro atoms. The molecule has 8 heteroatoms. The molecule has 3 rings (SSSR count). The highest BCUT2D eigenvalue weighted by Gasteiger charge is 2.26. The molecule has 1 saturated heterocycles. The number of carbonyl (C=O) groups is 2. The fourth-order valence-electron chi connectivity index (χ4n) is 3.10. The number of hydrogen-bond donors (Lipinski definition) is 2. The van der Waals surface area contributed by atoms with Crippen LogP contribution in [0.1, 0.15) is 40.0 Å². The summed E-state index contributed by atoms with van der Waals surface area (Å²) in [5.41, 5.74) is 1.26. The Morgan fingerprint density at radius 3 is 2.21 bits per heavy atom. The Morgan fingerprint density at radius 1 is 0.893 bits per heavy atom. The molecule has 0 saturated carbocycles. The molecule has 2 N–H and O–H groups in total. The lowest BCUT2D eigenvalue weighted by Gasteiger charge is -2.26. The quantitative estimate of drug-likeness (QED) is 0.805. The molecular formula is C20H23N3O4S. The number of carbonyl (C=O) groups excluding carboxylic acids is 2. The van der Waals surface area contributed by atoms with E-state index >= 15 is 0 Å². The maximum atomic E-state index is 12.8. The first-order valence-electron chi connectivity index (χ1n) is 9.15. The van der Waals surface area contributed by atoms with Gasteiger partial charge in [0.15, 0.2) is 0 Å². The Morgan fingerprint density at radius 2 is 1.57 bits per heavy atom. The second-order valence-electron chi connectivity index (χ2n) is 6.60. The molecule has 7 nitrogen and oxygen atoms in total. The van der Waals surface area contributed by atoms with Gasteiger partial charge in [-0.05, 0) is 55.3 Å². The molecular weight excluding hydrogens is 378 g/mol. The number of piperidine rings is 1. The van der Waals surface area contributed by atoms with Gasteiger partial charge in [-0.2, -0.15) is 4.31 Å². The summed E-state index contributed by atoms with van der Waals surface area (Å²) >= 11 is 0. The van der Waals surface area contributed by atoms with E-state index in [-0.39, 0.29) is 16.4 Å². The van der Waals surface area contributed by atoms with E-state index in [4.69, 9.17) is 0 Å². The Bertz CT molecular complexity index is 965. The van der Waals surface area contributed by atoms with E-state index in [9.17, 15) is 18.0 Å². The summed E-state index contributed by atoms with van der Waals surface area (Å²) in [7, 11) is -2.06. The maximum absolute atomic E-state index is 12.8. The van der Waals surface area contributed by atoms with E-state index in [1.807, 2.05) is 0 Å². The molecule has 148 valence electrons. The van der Waals surface area contributed by atoms with Crippen LogP contribution >= 0.6 is 0 Å². The monoisotopic (exact) mass is 401 g/mol. The predicted octanol–water partition coefficient (Wildman–Crippen LogP) is 2.47. The molecule has 0 atom stereocenters. The zero-order valence-electron chi connectivity index (χ0n) is 15.6. The highest BCUT2D eigenvalue weighted by Crippen LogP contribution is 2.22. The SMILES string of the molecule is CNC(=O)c1ccc(NC(=O)c2cccc(S(=O)(=O)N3CCCCC3)c2)cc1. The van der Waals surface area contributed by atoms with Crippen LogP contribution in [-0.2, 0) is 10.0 Å². The van der Waals surface area contributed by atoms with Crippen molar-refractivity contribution in [1.29, 1.82) is 0 Å². The molecule has 2 aromatic carbocycles. The number of nitrogens with zero attached hydrogens (tertiary/aromatic N) is 1. The first kappa shape index (κ1) is 20.0. The van der Waals surface area contributed by atoms with Gasteiger partial charge in [0.05, 0.1) is 4.90 Å². The van der Waals surface area contributed by atoms with Crippen molar-refractivity contribution >= 4 is 27.5 Å². The smallest absolute Gasteiger partial charge is 0.255 e. The Balaban J connectivity index is 1.76. The summed E-state index contributed by atoms with van der Waals surface area (Å²) < 4.78 is 27.1. The van der Waals surface area contributed by atoms with Gasteiger partial charge in [0.25, 0.3) is 11.8 Å². The van der Waals surface area contributed by atoms with E-state index in [0.29, 0.717) is 24.3 Å². The minimum atomic E-state index is -3.60. The number of benzene rings is 2. The Labute approximate surface area is 164 Å². The Kier molecular flexibility index (Phi) is 6.11. The molecule has 1 aliphatic heterocycles. The number of anilines is 1. The van der Waals surface area contributed by atoms with Crippen molar-refractivity contribution in [3.8, 4) is 0 Å². The molecule has 1 heterocycles. The van der Waals surface area contributed by atoms with Crippen LogP contribution in [0.25, 0.3) is 0 Å². The maximum Gasteiger partial charge on any atom is 0.255 e. The number of rotatable bonds is 5. The lowest BCUT2D eigenvalue weighted by atomic mass is 10.1. The summed E-state index contributed by atoms with van der Waals surface area (Å²) in [6, 6.07) is 12.5. The molecule has 2 aromatic rings. The molecule has 28 heavy (non-hydrogen) atoms. The van der Waals surface area contributed by atoms with Crippen LogP contribution in [0, 0.1) is 0 Å². The van der Waals surface area contributed by atoms with Gasteiger partial charge < -0.3 is 10.6 Å². The molecule has 1 aliphatic rings. The second-order valence-corrected chi connectivity index (χ2v) is 8.54. The van der Waals surface area contributed by atoms with Crippen LogP contribution in [0.4, 0.5) is 5.69 Å². The lowest BCUT2D eigenvalue weighted by Crippen LogP contribution is -2.35. The number of nitrogens with one attached hydrogen (secondary N) is 2. The van der Waals surface area contributed by atoms with E-state index in [1.54, 1.807) is 43.4 Å². The molecule has 0 aliphatic carbocycles. The first-order valence-corrected chi connectivity index (χ1v) is 10.6. The van der Waals surface area contributed by atoms with Crippen LogP contribution in [-0.4, -0.2) is 44.7 Å². The van der Waals surface area contributed by atoms with Crippen LogP contribution in [0.5, 0.6) is 0 Å². The largest absolute Gasteiger partial charge is 0.355 e. The summed E-state index contributed by atoms with van der Waals surface area (Å²) in [5.74, 6) is -0.628. The van der Waals surface area contributed by atoms with E-state index in [1.165, 1.54) is 16.4 Å². The minimum Gasteiger partial charge on any atom is -0.355 e. The van der Waals surface area contributed by atoms with Crippen LogP contribution in [0.3, 0.4) is 0 Å². The van der Waals surface area contributed by atoms with Gasteiger partial charge in [0, 0.05) is 37.0 Å². The van der Waals surface area contributed by atoms with Crippen molar-refractivity contribution < 1.29 is 18.0 Å². The van der Waals surface area contributed by atoms with Gasteiger partial charge in [-0.25, -0.2) is 8.42 Å². The van der Waals surface area contributed by atoms with Crippen molar-refractivity contribution in [3.63, 3.8) is 0 Å². The average molecular weight is 401 g/mol. The topological polar surface area (TPSA) is 95.6 Å². The molecule has 0 bridgehead atoms. The van der Waals surface area contributed by atoms with Gasteiger partial charge in [-0.15, -0.1) is 0 Å². The van der Waals surface area contributed by atoms with Crippen molar-refractivity contribution in [2.75, 3.05) is 25.5 Å². The summed E-state index contributed by atoms with van der Waals surface area (Å²) in [4.78, 5) is 24.2. The summed E-state index contributed by atoms with van der Waals surface area (Å²) in [6.07, 6.45) is 2.74. The predicted molar refractivity (Wildman–Crippen MR) is 107 cm³/mol. The van der Waals surface area contributed by atoms with Crippen LogP contribution in [0.15, 0.2) is 53.4 Å². The summed E-state index contributed by atoms with van der Waals surface area (Å²) in [6.45, 7) is 1.02. The van der Waals surface area contributed by atoms with Crippen molar-refractivity contribution in [3.05, 3.63) is 59.7 Å². The number of hydrogen-bond acceptors (Lipinski definition) is 4. The van der Waals surface area contributed by atoms with Gasteiger partial charge in [-0.1, -0.05) is 12.5 Å². The second kappa shape index (κ2) is 8.53. The van der Waals surface area contributed by atoms with Crippen LogP contribution in [0.2, 0.25) is 0 Å². The van der Waals surface area contributed by atoms with Gasteiger partial charge in [-0.3, -0.25) is 9.59 Å². The highest BCUT2D eigenvalue weighted by atomic mass is 32.2. The zero-order valence-corrected chi connectivity index (χ0v) is 16.5. The van der Waals surface area contributed by atoms with Gasteiger partial charge in [0.1, 0.15) is 0 Å². The third-order valence-corrected chi connectivity index (χ3v) is 6.58. The zero-order chi connectivity index (χ0) is 20.1. The lowest BCUT2D eigenvalue weighted by molar-refractivity contribution is 0.0962. The third kappa shape index (κ3) is 4.40. The van der Waals surface area contributed by atoms with Crippen LogP contribution < -0.4 is 10.6 Å². The number of sulfonamides is 1. The Hall–Kier alpha value is -2.71. The number of amides is 2. The molecule has 1 fully saturated rings. The minimum absolute atomic E-state index is 0.122. The standard InChI is InChI=1S/C20H23N3O4S/c1-21-19(24)15-8-10-17(11-9-15)22-20(25)16-6-5-7-18(14-16)28(26,27)23-12-3-2-4-13-23/h5-11,14H,2-4,12-13H2,1H3,(H,21,24)(H,22,25). The van der Waals surface area contributed by atoms with Gasteiger partial charge >= 0.3 is 0 Å². The van der Waals surface area contributed by atoms with Crippen molar-refractivity contribution in [1.82, 2.24) is 9.62 Å². The van der Waals surface area contributed by atoms with E-state index < -0.39 is 15.9 Å². The average Bonchev–Trinajstić information content (AvgIpc) is 2.74. The molecule has 0 aromatic heterocycles. The fraction of sp³-hybridized carbons (Fsp3) is 0.300. The fourth-order valence-corrected chi connectivity index (χ4v) is 4.67. The molecule has 0 radical (unpaired) electrons. The van der Waals surface area contributed by atoms with Gasteiger partial charge in [0.2, 0.25) is 10.0 Å². The highest BCUT2D eigenvalue weighted by molar-refractivity contribution is 7.89. The third-order valence-electron chi connectivity index (χ3n) is 4.68. The first-order chi connectivity index (χ1) is 13.4. The normalized spacial score (nSPS) is 15.0. The van der Waals surface area contributed by atoms with E-state index in [0.717, 1.165) is 19.3 Å².